The molecule has 0 spiro atoms. The van der Waals surface area contributed by atoms with Crippen LogP contribution in [0.15, 0.2) is 22.7 Å². The minimum absolute atomic E-state index is 0.672. The lowest BCUT2D eigenvalue weighted by atomic mass is 10.2. The van der Waals surface area contributed by atoms with Crippen molar-refractivity contribution in [3.05, 3.63) is 29.6 Å². The highest BCUT2D eigenvalue weighted by Crippen LogP contribution is 2.20. The fraction of sp³-hybridized carbons (Fsp3) is 0.200. The van der Waals surface area contributed by atoms with E-state index >= 15 is 0 Å². The Bertz CT molecular complexity index is 462. The summed E-state index contributed by atoms with van der Waals surface area (Å²) in [6.07, 6.45) is 0. The second-order valence-electron chi connectivity index (χ2n) is 3.20. The lowest BCUT2D eigenvalue weighted by Crippen LogP contribution is -1.93. The van der Waals surface area contributed by atoms with E-state index in [9.17, 15) is 0 Å². The zero-order chi connectivity index (χ0) is 10.1. The summed E-state index contributed by atoms with van der Waals surface area (Å²) in [6.45, 7) is 3.74. The van der Waals surface area contributed by atoms with Gasteiger partial charge in [0, 0.05) is 6.07 Å². The molecular weight excluding hydrogens is 178 g/mol. The van der Waals surface area contributed by atoms with Crippen LogP contribution in [0.2, 0.25) is 0 Å². The fourth-order valence-corrected chi connectivity index (χ4v) is 1.19. The molecule has 0 atom stereocenters. The van der Waals surface area contributed by atoms with Gasteiger partial charge in [-0.2, -0.15) is 0 Å². The maximum Gasteiger partial charge on any atom is 0.185 e. The smallest absolute Gasteiger partial charge is 0.185 e. The zero-order valence-corrected chi connectivity index (χ0v) is 8.11. The Morgan fingerprint density at radius 3 is 2.64 bits per heavy atom. The molecule has 2 aromatic rings. The number of rotatable bonds is 1. The lowest BCUT2D eigenvalue weighted by molar-refractivity contribution is 0.426. The summed E-state index contributed by atoms with van der Waals surface area (Å²) in [5.74, 6) is 0.672. The van der Waals surface area contributed by atoms with Crippen molar-refractivity contribution in [1.29, 1.82) is 0 Å². The molecule has 0 saturated carbocycles. The van der Waals surface area contributed by atoms with Gasteiger partial charge in [-0.3, -0.25) is 0 Å². The molecule has 0 aliphatic carbocycles. The van der Waals surface area contributed by atoms with E-state index in [1.165, 1.54) is 0 Å². The van der Waals surface area contributed by atoms with Gasteiger partial charge in [0.2, 0.25) is 0 Å². The van der Waals surface area contributed by atoms with E-state index in [4.69, 9.17) is 10.3 Å². The molecule has 2 rings (SSSR count). The molecule has 0 amide bonds. The van der Waals surface area contributed by atoms with Gasteiger partial charge in [0.05, 0.1) is 17.1 Å². The third-order valence-corrected chi connectivity index (χ3v) is 2.01. The first kappa shape index (κ1) is 8.74. The molecule has 4 heteroatoms. The number of nitrogens with zero attached hydrogens (tertiary/aromatic N) is 2. The second kappa shape index (κ2) is 3.14. The molecule has 4 nitrogen and oxygen atoms in total. The topological polar surface area (TPSA) is 64.9 Å². The highest BCUT2D eigenvalue weighted by molar-refractivity contribution is 5.56. The predicted molar refractivity (Wildman–Crippen MR) is 53.6 cm³/mol. The third-order valence-electron chi connectivity index (χ3n) is 2.01. The number of nitrogen functional groups attached to an aromatic ring is 1. The molecule has 72 valence electrons. The van der Waals surface area contributed by atoms with Crippen LogP contribution >= 0.6 is 0 Å². The molecule has 14 heavy (non-hydrogen) atoms. The lowest BCUT2D eigenvalue weighted by Gasteiger charge is -1.99. The van der Waals surface area contributed by atoms with Crippen molar-refractivity contribution in [2.75, 3.05) is 5.73 Å². The van der Waals surface area contributed by atoms with Gasteiger partial charge in [0.25, 0.3) is 0 Å². The molecule has 0 radical (unpaired) electrons. The molecule has 0 bridgehead atoms. The van der Waals surface area contributed by atoms with E-state index in [1.807, 2.05) is 32.0 Å². The minimum atomic E-state index is 0.672. The first-order valence-corrected chi connectivity index (χ1v) is 4.33. The van der Waals surface area contributed by atoms with Crippen molar-refractivity contribution in [3.8, 4) is 11.5 Å². The first-order chi connectivity index (χ1) is 6.66. The average molecular weight is 189 g/mol. The van der Waals surface area contributed by atoms with E-state index in [-0.39, 0.29) is 0 Å². The van der Waals surface area contributed by atoms with Crippen LogP contribution in [0.3, 0.4) is 0 Å². The molecule has 0 fully saturated rings. The number of aryl methyl sites for hydroxylation is 2. The second-order valence-corrected chi connectivity index (χ2v) is 3.20. The fourth-order valence-electron chi connectivity index (χ4n) is 1.19. The van der Waals surface area contributed by atoms with Gasteiger partial charge in [-0.1, -0.05) is 5.16 Å². The largest absolute Gasteiger partial charge is 0.397 e. The van der Waals surface area contributed by atoms with E-state index in [1.54, 1.807) is 0 Å². The molecule has 2 aromatic heterocycles. The minimum Gasteiger partial charge on any atom is -0.397 e. The zero-order valence-electron chi connectivity index (χ0n) is 8.11. The summed E-state index contributed by atoms with van der Waals surface area (Å²) in [6, 6.07) is 5.48. The van der Waals surface area contributed by atoms with Gasteiger partial charge < -0.3 is 10.3 Å². The molecular formula is C10H11N3O. The van der Waals surface area contributed by atoms with E-state index in [0.717, 1.165) is 17.1 Å². The molecule has 0 saturated heterocycles. The highest BCUT2D eigenvalue weighted by atomic mass is 16.5. The maximum atomic E-state index is 5.66. The van der Waals surface area contributed by atoms with Crippen LogP contribution in [0.4, 0.5) is 5.69 Å². The van der Waals surface area contributed by atoms with E-state index < -0.39 is 0 Å². The predicted octanol–water partition coefficient (Wildman–Crippen LogP) is 1.94. The van der Waals surface area contributed by atoms with Crippen LogP contribution in [-0.2, 0) is 0 Å². The van der Waals surface area contributed by atoms with Crippen molar-refractivity contribution in [2.45, 2.75) is 13.8 Å². The molecule has 2 N–H and O–H groups in total. The number of pyridine rings is 1. The van der Waals surface area contributed by atoms with Crippen molar-refractivity contribution < 1.29 is 4.52 Å². The number of hydrogen-bond acceptors (Lipinski definition) is 4. The standard InChI is InChI=1S/C10H11N3O/c1-6-5-10(14-13-6)9-4-3-8(11)7(2)12-9/h3-5H,11H2,1-2H3. The van der Waals surface area contributed by atoms with Crippen molar-refractivity contribution >= 4 is 5.69 Å². The molecule has 0 unspecified atom stereocenters. The van der Waals surface area contributed by atoms with Crippen LogP contribution in [0.1, 0.15) is 11.4 Å². The van der Waals surface area contributed by atoms with Crippen LogP contribution in [0.25, 0.3) is 11.5 Å². The monoisotopic (exact) mass is 189 g/mol. The summed E-state index contributed by atoms with van der Waals surface area (Å²) in [5, 5.41) is 3.80. The van der Waals surface area contributed by atoms with Crippen LogP contribution in [-0.4, -0.2) is 10.1 Å². The summed E-state index contributed by atoms with van der Waals surface area (Å²) < 4.78 is 5.09. The molecule has 0 aliphatic rings. The number of nitrogens with two attached hydrogens (primary N) is 1. The number of anilines is 1. The van der Waals surface area contributed by atoms with Gasteiger partial charge >= 0.3 is 0 Å². The van der Waals surface area contributed by atoms with Crippen molar-refractivity contribution in [1.82, 2.24) is 10.1 Å². The van der Waals surface area contributed by atoms with Gasteiger partial charge in [-0.15, -0.1) is 0 Å². The Morgan fingerprint density at radius 1 is 1.29 bits per heavy atom. The van der Waals surface area contributed by atoms with Crippen molar-refractivity contribution in [2.24, 2.45) is 0 Å². The summed E-state index contributed by atoms with van der Waals surface area (Å²) in [4.78, 5) is 4.30. The Labute approximate surface area is 81.7 Å². The Kier molecular flexibility index (Phi) is 1.96. The average Bonchev–Trinajstić information content (AvgIpc) is 2.57. The quantitative estimate of drug-likeness (QED) is 0.744. The molecule has 0 aromatic carbocycles. The first-order valence-electron chi connectivity index (χ1n) is 4.33. The summed E-state index contributed by atoms with van der Waals surface area (Å²) in [7, 11) is 0. The van der Waals surface area contributed by atoms with Crippen LogP contribution in [0, 0.1) is 13.8 Å². The summed E-state index contributed by atoms with van der Waals surface area (Å²) in [5.41, 5.74) is 8.76. The number of aromatic nitrogens is 2. The Hall–Kier alpha value is -1.84. The van der Waals surface area contributed by atoms with Gasteiger partial charge in [-0.25, -0.2) is 4.98 Å². The normalized spacial score (nSPS) is 10.4. The Balaban J connectivity index is 2.47. The highest BCUT2D eigenvalue weighted by Gasteiger charge is 2.06. The summed E-state index contributed by atoms with van der Waals surface area (Å²) >= 11 is 0. The van der Waals surface area contributed by atoms with E-state index in [2.05, 4.69) is 10.1 Å². The SMILES string of the molecule is Cc1cc(-c2ccc(N)c(C)n2)on1. The van der Waals surface area contributed by atoms with Gasteiger partial charge in [0.1, 0.15) is 5.69 Å². The molecule has 0 aliphatic heterocycles. The van der Waals surface area contributed by atoms with Crippen molar-refractivity contribution in [3.63, 3.8) is 0 Å². The molecule has 2 heterocycles. The van der Waals surface area contributed by atoms with Gasteiger partial charge in [-0.05, 0) is 26.0 Å². The Morgan fingerprint density at radius 2 is 2.07 bits per heavy atom. The van der Waals surface area contributed by atoms with Gasteiger partial charge in [0.15, 0.2) is 5.76 Å². The third kappa shape index (κ3) is 1.46. The van der Waals surface area contributed by atoms with E-state index in [0.29, 0.717) is 11.4 Å². The van der Waals surface area contributed by atoms with Crippen LogP contribution < -0.4 is 5.73 Å². The maximum absolute atomic E-state index is 5.66. The van der Waals surface area contributed by atoms with Crippen LogP contribution in [0.5, 0.6) is 0 Å². The number of hydrogen-bond donors (Lipinski definition) is 1.